The summed E-state index contributed by atoms with van der Waals surface area (Å²) in [7, 11) is -3.31. The number of thiophene rings is 1. The van der Waals surface area contributed by atoms with Crippen LogP contribution in [0.4, 0.5) is 0 Å². The predicted molar refractivity (Wildman–Crippen MR) is 106 cm³/mol. The maximum atomic E-state index is 11.6. The average molecular weight is 404 g/mol. The third-order valence-corrected chi connectivity index (χ3v) is 6.83. The van der Waals surface area contributed by atoms with E-state index in [4.69, 9.17) is 10.2 Å². The molecule has 0 amide bonds. The number of hydrogen-bond acceptors (Lipinski definition) is 6. The monoisotopic (exact) mass is 403 g/mol. The molecule has 0 spiro atoms. The first-order valence-corrected chi connectivity index (χ1v) is 11.8. The Labute approximate surface area is 162 Å². The zero-order valence-corrected chi connectivity index (χ0v) is 16.7. The molecule has 0 aromatic carbocycles. The molecule has 0 saturated heterocycles. The van der Waals surface area contributed by atoms with Gasteiger partial charge < -0.3 is 4.57 Å². The van der Waals surface area contributed by atoms with Crippen LogP contribution in [0.5, 0.6) is 0 Å². The average Bonchev–Trinajstić information content (AvgIpc) is 3.24. The van der Waals surface area contributed by atoms with Crippen LogP contribution >= 0.6 is 11.3 Å². The second-order valence-corrected chi connectivity index (χ2v) is 9.90. The second-order valence-electron chi connectivity index (χ2n) is 7.16. The van der Waals surface area contributed by atoms with E-state index in [-0.39, 0.29) is 12.6 Å². The van der Waals surface area contributed by atoms with Gasteiger partial charge in [-0.05, 0) is 43.0 Å². The fraction of sp³-hybridized carbons (Fsp3) is 0.500. The van der Waals surface area contributed by atoms with E-state index in [2.05, 4.69) is 20.3 Å². The second kappa shape index (κ2) is 7.19. The number of sulfonamides is 1. The van der Waals surface area contributed by atoms with Crippen molar-refractivity contribution in [3.05, 3.63) is 23.5 Å². The summed E-state index contributed by atoms with van der Waals surface area (Å²) in [5.74, 6) is 1.18. The van der Waals surface area contributed by atoms with Gasteiger partial charge in [0.2, 0.25) is 10.0 Å². The third kappa shape index (κ3) is 3.70. The molecule has 7 nitrogen and oxygen atoms in total. The molecule has 0 unspecified atom stereocenters. The Kier molecular flexibility index (Phi) is 4.88. The van der Waals surface area contributed by atoms with E-state index in [9.17, 15) is 8.42 Å². The molecule has 3 aromatic rings. The lowest BCUT2D eigenvalue weighted by atomic mass is 9.84. The number of nitrogens with zero attached hydrogens (tertiary/aromatic N) is 4. The van der Waals surface area contributed by atoms with Crippen LogP contribution in [-0.4, -0.2) is 29.2 Å². The molecule has 9 heteroatoms. The number of hydrogen-bond donors (Lipinski definition) is 1. The minimum atomic E-state index is -3.31. The summed E-state index contributed by atoms with van der Waals surface area (Å²) < 4.78 is 29.1. The maximum Gasteiger partial charge on any atom is 0.209 e. The lowest BCUT2D eigenvalue weighted by Gasteiger charge is -2.30. The highest BCUT2D eigenvalue weighted by atomic mass is 32.2. The summed E-state index contributed by atoms with van der Waals surface area (Å²) in [4.78, 5) is 9.18. The van der Waals surface area contributed by atoms with Crippen LogP contribution in [0.1, 0.15) is 44.0 Å². The lowest BCUT2D eigenvalue weighted by Crippen LogP contribution is -2.26. The van der Waals surface area contributed by atoms with E-state index in [0.717, 1.165) is 59.0 Å². The maximum absolute atomic E-state index is 11.6. The Bertz CT molecular complexity index is 1120. The normalized spacial score (nSPS) is 20.9. The van der Waals surface area contributed by atoms with Crippen LogP contribution in [0.2, 0.25) is 0 Å². The molecule has 1 fully saturated rings. The van der Waals surface area contributed by atoms with E-state index in [0.29, 0.717) is 12.3 Å². The highest BCUT2D eigenvalue weighted by Gasteiger charge is 2.27. The first-order valence-electron chi connectivity index (χ1n) is 9.01. The van der Waals surface area contributed by atoms with E-state index in [1.807, 2.05) is 11.4 Å². The van der Waals surface area contributed by atoms with Gasteiger partial charge in [-0.3, -0.25) is 4.98 Å². The Hall–Kier alpha value is -2.02. The third-order valence-electron chi connectivity index (χ3n) is 5.25. The molecular formula is C18H21N5O2S2. The van der Waals surface area contributed by atoms with Crippen molar-refractivity contribution < 1.29 is 8.42 Å². The number of pyridine rings is 1. The molecular weight excluding hydrogens is 382 g/mol. The Morgan fingerprint density at radius 2 is 2.11 bits per heavy atom. The molecule has 0 aliphatic heterocycles. The summed E-state index contributed by atoms with van der Waals surface area (Å²) in [6.07, 6.45) is 7.50. The smallest absolute Gasteiger partial charge is 0.209 e. The minimum Gasteiger partial charge on any atom is -0.322 e. The molecule has 0 bridgehead atoms. The quantitative estimate of drug-likeness (QED) is 0.704. The van der Waals surface area contributed by atoms with Gasteiger partial charge in [-0.25, -0.2) is 18.1 Å². The van der Waals surface area contributed by atoms with E-state index in [1.54, 1.807) is 17.5 Å². The molecule has 27 heavy (non-hydrogen) atoms. The highest BCUT2D eigenvalue weighted by molar-refractivity contribution is 7.88. The van der Waals surface area contributed by atoms with Crippen molar-refractivity contribution in [1.29, 1.82) is 5.26 Å². The van der Waals surface area contributed by atoms with Gasteiger partial charge in [0, 0.05) is 12.5 Å². The molecule has 3 heterocycles. The molecule has 4 rings (SSSR count). The number of nitrogens with one attached hydrogen (secondary N) is 1. The number of aromatic nitrogens is 3. The summed E-state index contributed by atoms with van der Waals surface area (Å²) in [5.41, 5.74) is 2.79. The fourth-order valence-corrected chi connectivity index (χ4v) is 5.26. The van der Waals surface area contributed by atoms with Crippen LogP contribution < -0.4 is 4.72 Å². The van der Waals surface area contributed by atoms with Gasteiger partial charge >= 0.3 is 0 Å². The summed E-state index contributed by atoms with van der Waals surface area (Å²) >= 11 is 1.64. The number of nitriles is 1. The van der Waals surface area contributed by atoms with Crippen LogP contribution in [0.3, 0.4) is 0 Å². The summed E-state index contributed by atoms with van der Waals surface area (Å²) in [5, 5.41) is 11.0. The van der Waals surface area contributed by atoms with Crippen LogP contribution in [0, 0.1) is 17.2 Å². The van der Waals surface area contributed by atoms with Gasteiger partial charge in [0.25, 0.3) is 0 Å². The van der Waals surface area contributed by atoms with E-state index in [1.165, 1.54) is 0 Å². The van der Waals surface area contributed by atoms with Crippen LogP contribution in [0.15, 0.2) is 17.6 Å². The van der Waals surface area contributed by atoms with Crippen molar-refractivity contribution in [3.8, 4) is 6.07 Å². The van der Waals surface area contributed by atoms with Crippen molar-refractivity contribution in [1.82, 2.24) is 19.3 Å². The predicted octanol–water partition coefficient (Wildman–Crippen LogP) is 3.34. The van der Waals surface area contributed by atoms with Crippen molar-refractivity contribution in [2.45, 2.75) is 44.7 Å². The zero-order valence-electron chi connectivity index (χ0n) is 15.1. The number of imidazole rings is 1. The molecule has 1 N–H and O–H groups in total. The zero-order chi connectivity index (χ0) is 19.0. The van der Waals surface area contributed by atoms with Gasteiger partial charge in [-0.15, -0.1) is 11.3 Å². The number of rotatable bonds is 5. The lowest BCUT2D eigenvalue weighted by molar-refractivity contribution is 0.277. The minimum absolute atomic E-state index is 0.165. The van der Waals surface area contributed by atoms with Gasteiger partial charge in [-0.2, -0.15) is 5.26 Å². The topological polar surface area (TPSA) is 101 Å². The first kappa shape index (κ1) is 18.3. The van der Waals surface area contributed by atoms with Crippen molar-refractivity contribution in [2.75, 3.05) is 6.26 Å². The SMILES string of the molecule is CS(=O)(=O)NCc1nc2cnc3ccsc3c2n1C1CCC(CC#N)CC1. The summed E-state index contributed by atoms with van der Waals surface area (Å²) in [6.45, 7) is 0.165. The van der Waals surface area contributed by atoms with Gasteiger partial charge in [0.1, 0.15) is 11.3 Å². The van der Waals surface area contributed by atoms with Crippen LogP contribution in [0.25, 0.3) is 21.3 Å². The number of fused-ring (bicyclic) bond motifs is 3. The Morgan fingerprint density at radius 1 is 1.33 bits per heavy atom. The van der Waals surface area contributed by atoms with Crippen molar-refractivity contribution in [2.24, 2.45) is 5.92 Å². The fourth-order valence-electron chi connectivity index (χ4n) is 3.98. The highest BCUT2D eigenvalue weighted by Crippen LogP contribution is 2.38. The molecule has 1 aliphatic carbocycles. The van der Waals surface area contributed by atoms with Crippen molar-refractivity contribution in [3.63, 3.8) is 0 Å². The largest absolute Gasteiger partial charge is 0.322 e. The molecule has 3 aromatic heterocycles. The molecule has 0 atom stereocenters. The summed E-state index contributed by atoms with van der Waals surface area (Å²) in [6, 6.07) is 4.54. The molecule has 1 saturated carbocycles. The molecule has 0 radical (unpaired) electrons. The van der Waals surface area contributed by atoms with E-state index >= 15 is 0 Å². The van der Waals surface area contributed by atoms with Gasteiger partial charge in [-0.1, -0.05) is 0 Å². The van der Waals surface area contributed by atoms with E-state index < -0.39 is 10.0 Å². The molecule has 142 valence electrons. The Balaban J connectivity index is 1.78. The standard InChI is InChI=1S/C18H21N5O2S2/c1-27(24,25)21-11-16-22-15-10-20-14-7-9-26-18(14)17(15)23(16)13-4-2-12(3-5-13)6-8-19/h7,9-10,12-13,21H,2-6,11H2,1H3. The van der Waals surface area contributed by atoms with Crippen molar-refractivity contribution >= 4 is 42.6 Å². The van der Waals surface area contributed by atoms with Gasteiger partial charge in [0.05, 0.1) is 40.8 Å². The molecule has 1 aliphatic rings. The van der Waals surface area contributed by atoms with Gasteiger partial charge in [0.15, 0.2) is 0 Å². The Morgan fingerprint density at radius 3 is 2.81 bits per heavy atom. The van der Waals surface area contributed by atoms with Crippen LogP contribution in [-0.2, 0) is 16.6 Å². The first-order chi connectivity index (χ1) is 13.0.